The van der Waals surface area contributed by atoms with E-state index in [0.717, 1.165) is 53.4 Å². The quantitative estimate of drug-likeness (QED) is 0.174. The van der Waals surface area contributed by atoms with Crippen LogP contribution in [0.5, 0.6) is 0 Å². The molecule has 0 bridgehead atoms. The van der Waals surface area contributed by atoms with E-state index in [1.807, 2.05) is 0 Å². The molecule has 1 spiro atoms. The maximum atomic E-state index is 13.8. The molecule has 2 aliphatic heterocycles. The van der Waals surface area contributed by atoms with Crippen LogP contribution in [-0.2, 0) is 58.9 Å². The van der Waals surface area contributed by atoms with Gasteiger partial charge < -0.3 is 33.3 Å². The van der Waals surface area contributed by atoms with Gasteiger partial charge in [0.15, 0.2) is 0 Å². The molecule has 15 heteroatoms. The van der Waals surface area contributed by atoms with Gasteiger partial charge in [-0.15, -0.1) is 0 Å². The third kappa shape index (κ3) is 6.93. The third-order valence-electron chi connectivity index (χ3n) is 6.30. The number of benzene rings is 1. The van der Waals surface area contributed by atoms with Gasteiger partial charge in [-0.05, 0) is 26.3 Å². The normalized spacial score (nSPS) is 20.2. The molecule has 13 nitrogen and oxygen atoms in total. The summed E-state index contributed by atoms with van der Waals surface area (Å²) >= 11 is 6.55. The Bertz CT molecular complexity index is 1550. The second-order valence-corrected chi connectivity index (χ2v) is 11.9. The highest BCUT2D eigenvalue weighted by molar-refractivity contribution is 8.26. The standard InChI is InChI=1S/C30H32N2O11S2/c1-29(2,3)31-23-20(26(36)41-7)21(27(37)42-8)30(43-23)22(45-28(44)32(30)15-16-12-10-9-11-13-16)19(25(35)40-6)17(24(34)39-5)14-18(33)38-4/h9-14H,15H2,1-8H3. The smallest absolute Gasteiger partial charge is 0.344 e. The Morgan fingerprint density at radius 3 is 2.02 bits per heavy atom. The molecule has 1 atom stereocenters. The molecule has 240 valence electrons. The highest BCUT2D eigenvalue weighted by Crippen LogP contribution is 2.56. The topological polar surface area (TPSA) is 156 Å². The summed E-state index contributed by atoms with van der Waals surface area (Å²) in [6.45, 7) is 5.14. The van der Waals surface area contributed by atoms with Crippen molar-refractivity contribution in [3.05, 3.63) is 69.2 Å². The summed E-state index contributed by atoms with van der Waals surface area (Å²) in [6.07, 6.45) is 0.726. The van der Waals surface area contributed by atoms with Crippen LogP contribution in [0.15, 0.2) is 68.6 Å². The van der Waals surface area contributed by atoms with Crippen LogP contribution in [0.3, 0.4) is 0 Å². The van der Waals surface area contributed by atoms with Crippen LogP contribution in [0.1, 0.15) is 26.3 Å². The largest absolute Gasteiger partial charge is 0.466 e. The van der Waals surface area contributed by atoms with Gasteiger partial charge in [-0.25, -0.2) is 29.0 Å². The minimum absolute atomic E-state index is 0.0311. The van der Waals surface area contributed by atoms with Crippen molar-refractivity contribution in [1.82, 2.24) is 4.90 Å². The summed E-state index contributed by atoms with van der Waals surface area (Å²) in [6, 6.07) is 8.91. The summed E-state index contributed by atoms with van der Waals surface area (Å²) in [7, 11) is 5.33. The number of methoxy groups -OCH3 is 5. The van der Waals surface area contributed by atoms with E-state index in [2.05, 4.69) is 4.99 Å². The zero-order valence-corrected chi connectivity index (χ0v) is 27.5. The maximum absolute atomic E-state index is 13.8. The first-order valence-electron chi connectivity index (χ1n) is 13.2. The molecule has 1 saturated heterocycles. The highest BCUT2D eigenvalue weighted by atomic mass is 32.2. The maximum Gasteiger partial charge on any atom is 0.344 e. The predicted molar refractivity (Wildman–Crippen MR) is 165 cm³/mol. The first-order chi connectivity index (χ1) is 21.2. The van der Waals surface area contributed by atoms with Crippen LogP contribution in [-0.4, -0.2) is 91.8 Å². The average Bonchev–Trinajstić information content (AvgIpc) is 3.47. The Morgan fingerprint density at radius 2 is 1.51 bits per heavy atom. The van der Waals surface area contributed by atoms with Gasteiger partial charge in [0.25, 0.3) is 5.72 Å². The summed E-state index contributed by atoms with van der Waals surface area (Å²) in [5.74, 6) is -5.66. The Labute approximate surface area is 269 Å². The Kier molecular flexibility index (Phi) is 10.9. The van der Waals surface area contributed by atoms with Crippen molar-refractivity contribution < 1.29 is 52.4 Å². The molecule has 1 aromatic carbocycles. The SMILES string of the molecule is COC(=O)C=C(C(=O)OC)C(C(=O)OC)=C1SC(=S)N(Cc2ccccc2)C12OC(=NC(C)(C)C)C(C(=O)OC)=C2C(=O)OC. The van der Waals surface area contributed by atoms with E-state index in [4.69, 9.17) is 40.6 Å². The molecule has 0 radical (unpaired) electrons. The number of rotatable bonds is 8. The molecule has 0 saturated carbocycles. The van der Waals surface area contributed by atoms with Crippen LogP contribution < -0.4 is 0 Å². The van der Waals surface area contributed by atoms with E-state index in [0.29, 0.717) is 5.56 Å². The molecular formula is C30H32N2O11S2. The van der Waals surface area contributed by atoms with Gasteiger partial charge >= 0.3 is 29.8 Å². The number of carbonyl (C=O) groups excluding carboxylic acids is 5. The number of ether oxygens (including phenoxy) is 6. The number of carbonyl (C=O) groups is 5. The van der Waals surface area contributed by atoms with Crippen LogP contribution in [0.2, 0.25) is 0 Å². The molecule has 0 aromatic heterocycles. The number of nitrogens with zero attached hydrogens (tertiary/aromatic N) is 2. The molecular weight excluding hydrogens is 628 g/mol. The Balaban J connectivity index is 2.66. The van der Waals surface area contributed by atoms with E-state index < -0.39 is 63.4 Å². The first-order valence-corrected chi connectivity index (χ1v) is 14.4. The van der Waals surface area contributed by atoms with E-state index in [1.54, 1.807) is 51.1 Å². The zero-order chi connectivity index (χ0) is 33.7. The van der Waals surface area contributed by atoms with Gasteiger partial charge in [-0.2, -0.15) is 0 Å². The second kappa shape index (κ2) is 14.1. The lowest BCUT2D eigenvalue weighted by atomic mass is 9.92. The fourth-order valence-electron chi connectivity index (χ4n) is 4.46. The fraction of sp³-hybridized carbons (Fsp3) is 0.367. The number of thiocarbonyl (C=S) groups is 1. The molecule has 1 fully saturated rings. The van der Waals surface area contributed by atoms with E-state index >= 15 is 0 Å². The number of thioether (sulfide) groups is 1. The van der Waals surface area contributed by atoms with Crippen molar-refractivity contribution in [2.75, 3.05) is 35.5 Å². The summed E-state index contributed by atoms with van der Waals surface area (Å²) in [5.41, 5.74) is -4.44. The lowest BCUT2D eigenvalue weighted by molar-refractivity contribution is -0.141. The van der Waals surface area contributed by atoms with Crippen molar-refractivity contribution in [3.63, 3.8) is 0 Å². The minimum Gasteiger partial charge on any atom is -0.466 e. The molecule has 0 N–H and O–H groups in total. The van der Waals surface area contributed by atoms with Gasteiger partial charge in [0.1, 0.15) is 15.5 Å². The molecule has 1 unspecified atom stereocenters. The monoisotopic (exact) mass is 660 g/mol. The molecule has 45 heavy (non-hydrogen) atoms. The van der Waals surface area contributed by atoms with Gasteiger partial charge in [-0.1, -0.05) is 54.3 Å². The second-order valence-electron chi connectivity index (χ2n) is 10.3. The fourth-order valence-corrected chi connectivity index (χ4v) is 6.07. The van der Waals surface area contributed by atoms with Crippen LogP contribution in [0.25, 0.3) is 0 Å². The van der Waals surface area contributed by atoms with Crippen LogP contribution >= 0.6 is 24.0 Å². The molecule has 2 aliphatic rings. The molecule has 0 aliphatic carbocycles. The lowest BCUT2D eigenvalue weighted by Crippen LogP contribution is -2.50. The van der Waals surface area contributed by atoms with Gasteiger partial charge in [-0.3, -0.25) is 0 Å². The van der Waals surface area contributed by atoms with Gasteiger partial charge in [0.2, 0.25) is 5.90 Å². The summed E-state index contributed by atoms with van der Waals surface area (Å²) < 4.78 is 31.4. The van der Waals surface area contributed by atoms with E-state index in [-0.39, 0.29) is 21.7 Å². The van der Waals surface area contributed by atoms with Crippen molar-refractivity contribution in [3.8, 4) is 0 Å². The number of hydrogen-bond acceptors (Lipinski definition) is 14. The Morgan fingerprint density at radius 1 is 0.911 bits per heavy atom. The zero-order valence-electron chi connectivity index (χ0n) is 25.9. The lowest BCUT2D eigenvalue weighted by Gasteiger charge is -2.37. The van der Waals surface area contributed by atoms with Crippen LogP contribution in [0.4, 0.5) is 0 Å². The van der Waals surface area contributed by atoms with Crippen molar-refractivity contribution >= 4 is 64.0 Å². The molecule has 2 heterocycles. The van der Waals surface area contributed by atoms with Gasteiger partial charge in [0, 0.05) is 12.6 Å². The van der Waals surface area contributed by atoms with Gasteiger partial charge in [0.05, 0.1) is 57.1 Å². The van der Waals surface area contributed by atoms with Crippen molar-refractivity contribution in [1.29, 1.82) is 0 Å². The number of esters is 5. The van der Waals surface area contributed by atoms with Crippen molar-refractivity contribution in [2.24, 2.45) is 4.99 Å². The minimum atomic E-state index is -2.26. The van der Waals surface area contributed by atoms with Crippen molar-refractivity contribution in [2.45, 2.75) is 38.6 Å². The number of aliphatic imine (C=N–C) groups is 1. The average molecular weight is 661 g/mol. The van der Waals surface area contributed by atoms with Crippen LogP contribution in [0, 0.1) is 0 Å². The molecule has 1 aromatic rings. The third-order valence-corrected chi connectivity index (χ3v) is 7.85. The predicted octanol–water partition coefficient (Wildman–Crippen LogP) is 2.79. The van der Waals surface area contributed by atoms with E-state index in [9.17, 15) is 24.0 Å². The highest BCUT2D eigenvalue weighted by Gasteiger charge is 2.65. The summed E-state index contributed by atoms with van der Waals surface area (Å²) in [4.78, 5) is 72.2. The molecule has 3 rings (SSSR count). The molecule has 0 amide bonds. The Hall–Kier alpha value is -4.50. The first kappa shape index (κ1) is 35.0. The summed E-state index contributed by atoms with van der Waals surface area (Å²) in [5, 5.41) is 0. The number of hydrogen-bond donors (Lipinski definition) is 0. The van der Waals surface area contributed by atoms with E-state index in [1.165, 1.54) is 4.90 Å².